The van der Waals surface area contributed by atoms with Crippen molar-refractivity contribution >= 4 is 22.2 Å². The molecule has 1 rings (SSSR count). The molecule has 15 heavy (non-hydrogen) atoms. The smallest absolute Gasteiger partial charge is 0.151 e. The third-order valence-electron chi connectivity index (χ3n) is 2.32. The van der Waals surface area contributed by atoms with Crippen LogP contribution in [0.1, 0.15) is 37.0 Å². The lowest BCUT2D eigenvalue weighted by molar-refractivity contribution is 0.112. The molecule has 0 aliphatic carbocycles. The van der Waals surface area contributed by atoms with Crippen molar-refractivity contribution < 1.29 is 9.53 Å². The van der Waals surface area contributed by atoms with Crippen LogP contribution >= 0.6 is 15.9 Å². The van der Waals surface area contributed by atoms with Gasteiger partial charge in [-0.05, 0) is 34.8 Å². The molecule has 0 saturated carbocycles. The Kier molecular flexibility index (Phi) is 4.82. The zero-order valence-electron chi connectivity index (χ0n) is 9.00. The first kappa shape index (κ1) is 12.2. The van der Waals surface area contributed by atoms with Crippen molar-refractivity contribution in [1.29, 1.82) is 0 Å². The Morgan fingerprint density at radius 3 is 2.60 bits per heavy atom. The first-order valence-corrected chi connectivity index (χ1v) is 5.92. The van der Waals surface area contributed by atoms with Gasteiger partial charge in [0, 0.05) is 5.56 Å². The number of carbonyl (C=O) groups is 1. The van der Waals surface area contributed by atoms with E-state index < -0.39 is 0 Å². The van der Waals surface area contributed by atoms with Crippen LogP contribution in [0.25, 0.3) is 0 Å². The molecule has 0 amide bonds. The van der Waals surface area contributed by atoms with E-state index in [4.69, 9.17) is 4.74 Å². The van der Waals surface area contributed by atoms with E-state index in [1.807, 2.05) is 12.1 Å². The minimum Gasteiger partial charge on any atom is -0.489 e. The van der Waals surface area contributed by atoms with Crippen molar-refractivity contribution in [3.8, 4) is 5.75 Å². The normalized spacial score (nSPS) is 10.4. The maximum absolute atomic E-state index is 10.7. The van der Waals surface area contributed by atoms with E-state index in [1.54, 1.807) is 6.07 Å². The lowest BCUT2D eigenvalue weighted by atomic mass is 10.2. The Morgan fingerprint density at radius 2 is 2.07 bits per heavy atom. The molecule has 0 saturated heterocycles. The molecule has 0 atom stereocenters. The number of hydrogen-bond donors (Lipinski definition) is 0. The molecule has 1 aromatic carbocycles. The number of rotatable bonds is 5. The molecule has 0 heterocycles. The highest BCUT2D eigenvalue weighted by molar-refractivity contribution is 9.10. The van der Waals surface area contributed by atoms with Gasteiger partial charge in [0.05, 0.1) is 10.6 Å². The number of carbonyl (C=O) groups excluding carboxylic acids is 1. The van der Waals surface area contributed by atoms with Crippen LogP contribution in [0, 0.1) is 0 Å². The van der Waals surface area contributed by atoms with Gasteiger partial charge >= 0.3 is 0 Å². The fourth-order valence-corrected chi connectivity index (χ4v) is 1.80. The van der Waals surface area contributed by atoms with E-state index in [0.29, 0.717) is 5.56 Å². The highest BCUT2D eigenvalue weighted by Crippen LogP contribution is 2.29. The molecule has 3 heteroatoms. The number of benzene rings is 1. The number of aldehydes is 1. The third-order valence-corrected chi connectivity index (χ3v) is 3.17. The summed E-state index contributed by atoms with van der Waals surface area (Å²) in [5, 5.41) is 0. The van der Waals surface area contributed by atoms with Crippen LogP contribution in [0.15, 0.2) is 22.7 Å². The summed E-state index contributed by atoms with van der Waals surface area (Å²) >= 11 is 3.37. The van der Waals surface area contributed by atoms with E-state index in [0.717, 1.165) is 29.4 Å². The zero-order valence-corrected chi connectivity index (χ0v) is 10.6. The van der Waals surface area contributed by atoms with E-state index in [1.165, 1.54) is 0 Å². The molecule has 0 aromatic heterocycles. The predicted octanol–water partition coefficient (Wildman–Crippen LogP) is 3.83. The fourth-order valence-electron chi connectivity index (χ4n) is 1.34. The molecule has 0 aliphatic heterocycles. The molecule has 0 fully saturated rings. The largest absolute Gasteiger partial charge is 0.489 e. The van der Waals surface area contributed by atoms with Gasteiger partial charge in [0.25, 0.3) is 0 Å². The maximum atomic E-state index is 10.7. The van der Waals surface area contributed by atoms with Crippen LogP contribution in [-0.2, 0) is 0 Å². The standard InChI is InChI=1S/C12H15BrO2/c1-3-10(4-2)15-11-7-5-6-9(8-14)12(11)13/h5-8,10H,3-4H2,1-2H3. The molecule has 0 radical (unpaired) electrons. The average molecular weight is 271 g/mol. The summed E-state index contributed by atoms with van der Waals surface area (Å²) in [6.07, 6.45) is 2.97. The lowest BCUT2D eigenvalue weighted by Gasteiger charge is -2.17. The van der Waals surface area contributed by atoms with Gasteiger partial charge in [-0.25, -0.2) is 0 Å². The second-order valence-corrected chi connectivity index (χ2v) is 4.13. The molecule has 2 nitrogen and oxygen atoms in total. The SMILES string of the molecule is CCC(CC)Oc1cccc(C=O)c1Br. The van der Waals surface area contributed by atoms with Crippen molar-refractivity contribution in [2.75, 3.05) is 0 Å². The van der Waals surface area contributed by atoms with Crippen LogP contribution in [0.2, 0.25) is 0 Å². The Balaban J connectivity index is 2.89. The van der Waals surface area contributed by atoms with Crippen molar-refractivity contribution in [3.63, 3.8) is 0 Å². The van der Waals surface area contributed by atoms with E-state index in [2.05, 4.69) is 29.8 Å². The first-order chi connectivity index (χ1) is 7.22. The molecular weight excluding hydrogens is 256 g/mol. The zero-order chi connectivity index (χ0) is 11.3. The number of halogens is 1. The van der Waals surface area contributed by atoms with Gasteiger partial charge in [0.1, 0.15) is 5.75 Å². The van der Waals surface area contributed by atoms with Crippen molar-refractivity contribution in [1.82, 2.24) is 0 Å². The van der Waals surface area contributed by atoms with Gasteiger partial charge < -0.3 is 4.74 Å². The quantitative estimate of drug-likeness (QED) is 0.761. The summed E-state index contributed by atoms with van der Waals surface area (Å²) < 4.78 is 6.52. The van der Waals surface area contributed by atoms with Gasteiger partial charge in [-0.3, -0.25) is 4.79 Å². The number of hydrogen-bond acceptors (Lipinski definition) is 2. The second kappa shape index (κ2) is 5.91. The minimum atomic E-state index is 0.211. The van der Waals surface area contributed by atoms with E-state index in [9.17, 15) is 4.79 Å². The van der Waals surface area contributed by atoms with Crippen LogP contribution in [0.4, 0.5) is 0 Å². The van der Waals surface area contributed by atoms with Crippen molar-refractivity contribution in [3.05, 3.63) is 28.2 Å². The van der Waals surface area contributed by atoms with Crippen LogP contribution < -0.4 is 4.74 Å². The van der Waals surface area contributed by atoms with E-state index >= 15 is 0 Å². The Labute approximate surface area is 98.8 Å². The summed E-state index contributed by atoms with van der Waals surface area (Å²) in [5.74, 6) is 0.744. The van der Waals surface area contributed by atoms with Crippen molar-refractivity contribution in [2.45, 2.75) is 32.8 Å². The summed E-state index contributed by atoms with van der Waals surface area (Å²) in [5.41, 5.74) is 0.624. The van der Waals surface area contributed by atoms with Gasteiger partial charge in [-0.1, -0.05) is 26.0 Å². The predicted molar refractivity (Wildman–Crippen MR) is 64.5 cm³/mol. The Hall–Kier alpha value is -0.830. The molecule has 0 N–H and O–H groups in total. The minimum absolute atomic E-state index is 0.211. The Morgan fingerprint density at radius 1 is 1.40 bits per heavy atom. The topological polar surface area (TPSA) is 26.3 Å². The first-order valence-electron chi connectivity index (χ1n) is 5.13. The molecular formula is C12H15BrO2. The Bertz CT molecular complexity index is 332. The molecule has 0 unspecified atom stereocenters. The third kappa shape index (κ3) is 3.06. The van der Waals surface area contributed by atoms with Crippen molar-refractivity contribution in [2.24, 2.45) is 0 Å². The van der Waals surface area contributed by atoms with Crippen LogP contribution in [0.3, 0.4) is 0 Å². The summed E-state index contributed by atoms with van der Waals surface area (Å²) in [7, 11) is 0. The van der Waals surface area contributed by atoms with Gasteiger partial charge in [0.2, 0.25) is 0 Å². The summed E-state index contributed by atoms with van der Waals surface area (Å²) in [4.78, 5) is 10.7. The maximum Gasteiger partial charge on any atom is 0.151 e. The van der Waals surface area contributed by atoms with Gasteiger partial charge in [-0.15, -0.1) is 0 Å². The fraction of sp³-hybridized carbons (Fsp3) is 0.417. The van der Waals surface area contributed by atoms with Gasteiger partial charge in [-0.2, -0.15) is 0 Å². The lowest BCUT2D eigenvalue weighted by Crippen LogP contribution is -2.14. The molecule has 1 aromatic rings. The van der Waals surface area contributed by atoms with Crippen LogP contribution in [-0.4, -0.2) is 12.4 Å². The second-order valence-electron chi connectivity index (χ2n) is 3.33. The van der Waals surface area contributed by atoms with Gasteiger partial charge in [0.15, 0.2) is 6.29 Å². The highest BCUT2D eigenvalue weighted by Gasteiger charge is 2.10. The molecule has 0 bridgehead atoms. The average Bonchev–Trinajstić information content (AvgIpc) is 2.28. The van der Waals surface area contributed by atoms with E-state index in [-0.39, 0.29) is 6.10 Å². The summed E-state index contributed by atoms with van der Waals surface area (Å²) in [6, 6.07) is 5.46. The molecule has 0 spiro atoms. The molecule has 82 valence electrons. The highest BCUT2D eigenvalue weighted by atomic mass is 79.9. The van der Waals surface area contributed by atoms with Crippen LogP contribution in [0.5, 0.6) is 5.75 Å². The molecule has 0 aliphatic rings. The monoisotopic (exact) mass is 270 g/mol. The summed E-state index contributed by atoms with van der Waals surface area (Å²) in [6.45, 7) is 4.18. The number of ether oxygens (including phenoxy) is 1.